The van der Waals surface area contributed by atoms with Crippen LogP contribution < -0.4 is 4.72 Å². The average molecular weight is 284 g/mol. The molecule has 5 nitrogen and oxygen atoms in total. The third-order valence-corrected chi connectivity index (χ3v) is 4.37. The van der Waals surface area contributed by atoms with Crippen molar-refractivity contribution in [2.24, 2.45) is 0 Å². The molecule has 0 radical (unpaired) electrons. The summed E-state index contributed by atoms with van der Waals surface area (Å²) in [6.45, 7) is 3.77. The first kappa shape index (κ1) is 15.7. The van der Waals surface area contributed by atoms with Crippen LogP contribution in [0, 0.1) is 13.8 Å². The van der Waals surface area contributed by atoms with Gasteiger partial charge in [-0.3, -0.25) is 4.79 Å². The van der Waals surface area contributed by atoms with Crippen LogP contribution in [0.2, 0.25) is 0 Å². The van der Waals surface area contributed by atoms with Crippen molar-refractivity contribution in [3.05, 3.63) is 29.3 Å². The maximum Gasteiger partial charge on any atom is 0.240 e. The Kier molecular flexibility index (Phi) is 5.08. The lowest BCUT2D eigenvalue weighted by atomic mass is 10.2. The minimum Gasteiger partial charge on any atom is -0.349 e. The van der Waals surface area contributed by atoms with Gasteiger partial charge >= 0.3 is 0 Å². The molecular formula is C13H20N2O3S. The van der Waals surface area contributed by atoms with E-state index in [1.807, 2.05) is 13.0 Å². The van der Waals surface area contributed by atoms with Crippen molar-refractivity contribution in [1.82, 2.24) is 9.62 Å². The van der Waals surface area contributed by atoms with Crippen LogP contribution in [0.4, 0.5) is 0 Å². The minimum absolute atomic E-state index is 0.104. The smallest absolute Gasteiger partial charge is 0.240 e. The topological polar surface area (TPSA) is 66.5 Å². The number of nitrogens with zero attached hydrogens (tertiary/aromatic N) is 1. The van der Waals surface area contributed by atoms with Gasteiger partial charge in [0.05, 0.1) is 4.90 Å². The van der Waals surface area contributed by atoms with Crippen LogP contribution in [-0.2, 0) is 14.8 Å². The second kappa shape index (κ2) is 6.16. The molecule has 0 unspecified atom stereocenters. The van der Waals surface area contributed by atoms with Gasteiger partial charge in [-0.2, -0.15) is 0 Å². The van der Waals surface area contributed by atoms with E-state index in [-0.39, 0.29) is 23.8 Å². The highest BCUT2D eigenvalue weighted by Gasteiger charge is 2.16. The summed E-state index contributed by atoms with van der Waals surface area (Å²) in [7, 11) is -0.270. The number of carbonyl (C=O) groups is 1. The van der Waals surface area contributed by atoms with Gasteiger partial charge in [-0.15, -0.1) is 0 Å². The number of aryl methyl sites for hydroxylation is 2. The van der Waals surface area contributed by atoms with Gasteiger partial charge in [0, 0.05) is 27.1 Å². The number of benzene rings is 1. The van der Waals surface area contributed by atoms with E-state index in [1.54, 1.807) is 33.2 Å². The molecule has 106 valence electrons. The van der Waals surface area contributed by atoms with Crippen molar-refractivity contribution >= 4 is 15.9 Å². The third kappa shape index (κ3) is 4.33. The summed E-state index contributed by atoms with van der Waals surface area (Å²) in [5.74, 6) is -0.108. The van der Waals surface area contributed by atoms with E-state index in [0.29, 0.717) is 5.56 Å². The Morgan fingerprint density at radius 3 is 2.42 bits per heavy atom. The highest BCUT2D eigenvalue weighted by molar-refractivity contribution is 7.89. The summed E-state index contributed by atoms with van der Waals surface area (Å²) in [5.41, 5.74) is 1.71. The summed E-state index contributed by atoms with van der Waals surface area (Å²) in [6, 6.07) is 5.16. The van der Waals surface area contributed by atoms with Gasteiger partial charge in [0.25, 0.3) is 0 Å². The first-order valence-corrected chi connectivity index (χ1v) is 7.49. The Morgan fingerprint density at radius 1 is 1.26 bits per heavy atom. The molecule has 0 bridgehead atoms. The lowest BCUT2D eigenvalue weighted by Crippen LogP contribution is -2.30. The Labute approximate surface area is 114 Å². The van der Waals surface area contributed by atoms with Crippen molar-refractivity contribution in [2.75, 3.05) is 20.6 Å². The normalized spacial score (nSPS) is 11.4. The van der Waals surface area contributed by atoms with Gasteiger partial charge in [-0.1, -0.05) is 17.7 Å². The van der Waals surface area contributed by atoms with Crippen LogP contribution in [0.15, 0.2) is 23.1 Å². The Hall–Kier alpha value is -1.40. The number of amides is 1. The van der Waals surface area contributed by atoms with Crippen molar-refractivity contribution in [1.29, 1.82) is 0 Å². The molecular weight excluding hydrogens is 264 g/mol. The van der Waals surface area contributed by atoms with E-state index >= 15 is 0 Å². The first-order valence-electron chi connectivity index (χ1n) is 6.01. The molecule has 1 aromatic carbocycles. The minimum atomic E-state index is -3.55. The quantitative estimate of drug-likeness (QED) is 0.879. The molecule has 1 aromatic rings. The fraction of sp³-hybridized carbons (Fsp3) is 0.462. The monoisotopic (exact) mass is 284 g/mol. The van der Waals surface area contributed by atoms with Crippen LogP contribution in [-0.4, -0.2) is 39.9 Å². The van der Waals surface area contributed by atoms with Crippen molar-refractivity contribution in [3.63, 3.8) is 0 Å². The molecule has 0 saturated carbocycles. The van der Waals surface area contributed by atoms with Gasteiger partial charge in [-0.25, -0.2) is 13.1 Å². The fourth-order valence-corrected chi connectivity index (χ4v) is 2.95. The third-order valence-electron chi connectivity index (χ3n) is 2.75. The zero-order chi connectivity index (χ0) is 14.6. The number of sulfonamides is 1. The van der Waals surface area contributed by atoms with E-state index in [1.165, 1.54) is 4.90 Å². The number of nitrogens with one attached hydrogen (secondary N) is 1. The van der Waals surface area contributed by atoms with Crippen molar-refractivity contribution < 1.29 is 13.2 Å². The molecule has 0 aromatic heterocycles. The highest BCUT2D eigenvalue weighted by atomic mass is 32.2. The van der Waals surface area contributed by atoms with Gasteiger partial charge in [0.15, 0.2) is 0 Å². The van der Waals surface area contributed by atoms with Gasteiger partial charge < -0.3 is 4.90 Å². The molecule has 0 heterocycles. The summed E-state index contributed by atoms with van der Waals surface area (Å²) in [6.07, 6.45) is 0.150. The number of carbonyl (C=O) groups excluding carboxylic acids is 1. The van der Waals surface area contributed by atoms with Crippen LogP contribution in [0.25, 0.3) is 0 Å². The summed E-state index contributed by atoms with van der Waals surface area (Å²) < 4.78 is 26.6. The second-order valence-corrected chi connectivity index (χ2v) is 6.44. The van der Waals surface area contributed by atoms with Crippen LogP contribution in [0.5, 0.6) is 0 Å². The van der Waals surface area contributed by atoms with Crippen LogP contribution in [0.3, 0.4) is 0 Å². The molecule has 0 aliphatic carbocycles. The molecule has 1 amide bonds. The van der Waals surface area contributed by atoms with Crippen LogP contribution in [0.1, 0.15) is 17.5 Å². The Morgan fingerprint density at radius 2 is 1.89 bits per heavy atom. The summed E-state index contributed by atoms with van der Waals surface area (Å²) >= 11 is 0. The van der Waals surface area contributed by atoms with Gasteiger partial charge in [-0.05, 0) is 25.5 Å². The second-order valence-electron chi connectivity index (χ2n) is 4.70. The summed E-state index contributed by atoms with van der Waals surface area (Å²) in [5, 5.41) is 0. The standard InChI is InChI=1S/C13H20N2O3S/c1-10-5-6-12(11(2)9-10)19(17,18)14-8-7-13(16)15(3)4/h5-6,9,14H,7-8H2,1-4H3. The van der Waals surface area contributed by atoms with E-state index in [9.17, 15) is 13.2 Å². The van der Waals surface area contributed by atoms with E-state index in [0.717, 1.165) is 5.56 Å². The van der Waals surface area contributed by atoms with Crippen molar-refractivity contribution in [2.45, 2.75) is 25.2 Å². The Bertz CT molecular complexity index is 565. The highest BCUT2D eigenvalue weighted by Crippen LogP contribution is 2.16. The fourth-order valence-electron chi connectivity index (χ4n) is 1.69. The molecule has 0 atom stereocenters. The first-order chi connectivity index (χ1) is 8.74. The molecule has 1 rings (SSSR count). The molecule has 0 spiro atoms. The van der Waals surface area contributed by atoms with Crippen molar-refractivity contribution in [3.8, 4) is 0 Å². The molecule has 0 aliphatic rings. The average Bonchev–Trinajstić information content (AvgIpc) is 2.27. The molecule has 1 N–H and O–H groups in total. The predicted octanol–water partition coefficient (Wildman–Crippen LogP) is 1.06. The van der Waals surface area contributed by atoms with Gasteiger partial charge in [0.1, 0.15) is 0 Å². The van der Waals surface area contributed by atoms with E-state index in [4.69, 9.17) is 0 Å². The molecule has 6 heteroatoms. The van der Waals surface area contributed by atoms with Gasteiger partial charge in [0.2, 0.25) is 15.9 Å². The SMILES string of the molecule is Cc1ccc(S(=O)(=O)NCCC(=O)N(C)C)c(C)c1. The van der Waals surface area contributed by atoms with E-state index in [2.05, 4.69) is 4.72 Å². The summed E-state index contributed by atoms with van der Waals surface area (Å²) in [4.78, 5) is 13.1. The molecule has 0 aliphatic heterocycles. The number of hydrogen-bond donors (Lipinski definition) is 1. The zero-order valence-electron chi connectivity index (χ0n) is 11.7. The Balaban J connectivity index is 2.74. The van der Waals surface area contributed by atoms with Crippen LogP contribution >= 0.6 is 0 Å². The maximum absolute atomic E-state index is 12.1. The lowest BCUT2D eigenvalue weighted by Gasteiger charge is -2.12. The van der Waals surface area contributed by atoms with E-state index < -0.39 is 10.0 Å². The predicted molar refractivity (Wildman–Crippen MR) is 74.4 cm³/mol. The number of rotatable bonds is 5. The maximum atomic E-state index is 12.1. The molecule has 19 heavy (non-hydrogen) atoms. The number of hydrogen-bond acceptors (Lipinski definition) is 3. The zero-order valence-corrected chi connectivity index (χ0v) is 12.5. The lowest BCUT2D eigenvalue weighted by molar-refractivity contribution is -0.128. The largest absolute Gasteiger partial charge is 0.349 e. The molecule has 0 saturated heterocycles. The molecule has 0 fully saturated rings.